The smallest absolute Gasteiger partial charge is 0.180 e. The number of hydrogen-bond acceptors (Lipinski definition) is 6. The molecular formula is C12H17N3O3S. The molecule has 7 heteroatoms. The van der Waals surface area contributed by atoms with Gasteiger partial charge in [-0.2, -0.15) is 5.10 Å². The highest BCUT2D eigenvalue weighted by molar-refractivity contribution is 8.13. The van der Waals surface area contributed by atoms with Gasteiger partial charge in [0, 0.05) is 11.6 Å². The van der Waals surface area contributed by atoms with Gasteiger partial charge in [-0.1, -0.05) is 11.8 Å². The summed E-state index contributed by atoms with van der Waals surface area (Å²) in [6.45, 7) is 0. The molecule has 1 aromatic rings. The van der Waals surface area contributed by atoms with E-state index in [9.17, 15) is 0 Å². The SMILES string of the molecule is COc1cc(OC)c(OC)cc1/C=N\N=C(/N)SC. The van der Waals surface area contributed by atoms with Gasteiger partial charge in [-0.25, -0.2) is 0 Å². The van der Waals surface area contributed by atoms with Crippen LogP contribution in [-0.2, 0) is 0 Å². The quantitative estimate of drug-likeness (QED) is 0.506. The van der Waals surface area contributed by atoms with Gasteiger partial charge in [-0.05, 0) is 12.3 Å². The van der Waals surface area contributed by atoms with Crippen LogP contribution in [0.25, 0.3) is 0 Å². The van der Waals surface area contributed by atoms with Crippen molar-refractivity contribution in [3.63, 3.8) is 0 Å². The molecule has 0 spiro atoms. The van der Waals surface area contributed by atoms with Gasteiger partial charge in [-0.15, -0.1) is 5.10 Å². The molecule has 19 heavy (non-hydrogen) atoms. The molecule has 0 aromatic heterocycles. The number of nitrogens with zero attached hydrogens (tertiary/aromatic N) is 2. The van der Waals surface area contributed by atoms with Gasteiger partial charge in [-0.3, -0.25) is 0 Å². The number of benzene rings is 1. The number of ether oxygens (including phenoxy) is 3. The fraction of sp³-hybridized carbons (Fsp3) is 0.333. The van der Waals surface area contributed by atoms with E-state index in [1.165, 1.54) is 11.8 Å². The lowest BCUT2D eigenvalue weighted by atomic mass is 10.2. The molecule has 1 aromatic carbocycles. The van der Waals surface area contributed by atoms with Crippen molar-refractivity contribution in [2.24, 2.45) is 15.9 Å². The fourth-order valence-electron chi connectivity index (χ4n) is 1.34. The molecule has 0 bridgehead atoms. The minimum atomic E-state index is 0.385. The maximum absolute atomic E-state index is 5.53. The van der Waals surface area contributed by atoms with Crippen LogP contribution in [0.3, 0.4) is 0 Å². The number of methoxy groups -OCH3 is 3. The van der Waals surface area contributed by atoms with Crippen LogP contribution in [0.4, 0.5) is 0 Å². The first-order valence-electron chi connectivity index (χ1n) is 5.36. The molecule has 0 aliphatic rings. The second kappa shape index (κ2) is 7.52. The van der Waals surface area contributed by atoms with E-state index in [4.69, 9.17) is 19.9 Å². The number of hydrogen-bond donors (Lipinski definition) is 1. The zero-order chi connectivity index (χ0) is 14.3. The van der Waals surface area contributed by atoms with Crippen LogP contribution in [0.5, 0.6) is 17.2 Å². The Morgan fingerprint density at radius 3 is 2.21 bits per heavy atom. The summed E-state index contributed by atoms with van der Waals surface area (Å²) >= 11 is 1.32. The summed E-state index contributed by atoms with van der Waals surface area (Å²) in [5.74, 6) is 1.79. The standard InChI is InChI=1S/C12H17N3O3S/c1-16-9-6-11(18-3)10(17-2)5-8(9)7-14-15-12(13)19-4/h5-7H,1-4H3,(H2,13,15)/b14-7-. The van der Waals surface area contributed by atoms with Crippen molar-refractivity contribution in [3.05, 3.63) is 17.7 Å². The number of rotatable bonds is 5. The zero-order valence-electron chi connectivity index (χ0n) is 11.3. The number of thioether (sulfide) groups is 1. The predicted molar refractivity (Wildman–Crippen MR) is 78.8 cm³/mol. The normalized spacial score (nSPS) is 11.7. The lowest BCUT2D eigenvalue weighted by Crippen LogP contribution is -2.04. The summed E-state index contributed by atoms with van der Waals surface area (Å²) in [6, 6.07) is 3.48. The second-order valence-corrected chi connectivity index (χ2v) is 4.16. The molecule has 0 saturated carbocycles. The van der Waals surface area contributed by atoms with Crippen molar-refractivity contribution in [2.75, 3.05) is 27.6 Å². The van der Waals surface area contributed by atoms with Gasteiger partial charge in [0.2, 0.25) is 0 Å². The van der Waals surface area contributed by atoms with E-state index in [1.807, 2.05) is 6.26 Å². The molecule has 0 aliphatic carbocycles. The average molecular weight is 283 g/mol. The Morgan fingerprint density at radius 1 is 1.11 bits per heavy atom. The van der Waals surface area contributed by atoms with Gasteiger partial charge in [0.15, 0.2) is 16.7 Å². The van der Waals surface area contributed by atoms with E-state index in [2.05, 4.69) is 10.2 Å². The first-order valence-corrected chi connectivity index (χ1v) is 6.59. The van der Waals surface area contributed by atoms with Gasteiger partial charge >= 0.3 is 0 Å². The topological polar surface area (TPSA) is 78.4 Å². The summed E-state index contributed by atoms with van der Waals surface area (Å²) in [7, 11) is 4.70. The van der Waals surface area contributed by atoms with Crippen molar-refractivity contribution >= 4 is 23.1 Å². The summed E-state index contributed by atoms with van der Waals surface area (Å²) in [4.78, 5) is 0. The average Bonchev–Trinajstić information content (AvgIpc) is 2.46. The highest BCUT2D eigenvalue weighted by Crippen LogP contribution is 2.33. The van der Waals surface area contributed by atoms with Gasteiger partial charge in [0.25, 0.3) is 0 Å². The Labute approximate surface area is 116 Å². The van der Waals surface area contributed by atoms with Crippen molar-refractivity contribution in [2.45, 2.75) is 0 Å². The third-order valence-electron chi connectivity index (χ3n) is 2.30. The summed E-state index contributed by atoms with van der Waals surface area (Å²) in [5, 5.41) is 8.09. The highest BCUT2D eigenvalue weighted by Gasteiger charge is 2.10. The maximum Gasteiger partial charge on any atom is 0.180 e. The molecule has 0 fully saturated rings. The van der Waals surface area contributed by atoms with Crippen LogP contribution in [-0.4, -0.2) is 39.0 Å². The van der Waals surface area contributed by atoms with Crippen LogP contribution in [0.15, 0.2) is 22.3 Å². The van der Waals surface area contributed by atoms with E-state index in [0.717, 1.165) is 5.56 Å². The molecule has 0 atom stereocenters. The second-order valence-electron chi connectivity index (χ2n) is 3.34. The number of nitrogens with two attached hydrogens (primary N) is 1. The van der Waals surface area contributed by atoms with Crippen LogP contribution < -0.4 is 19.9 Å². The van der Waals surface area contributed by atoms with Crippen molar-refractivity contribution in [3.8, 4) is 17.2 Å². The third kappa shape index (κ3) is 4.06. The molecule has 0 amide bonds. The summed E-state index contributed by atoms with van der Waals surface area (Å²) < 4.78 is 15.7. The van der Waals surface area contributed by atoms with E-state index < -0.39 is 0 Å². The predicted octanol–water partition coefficient (Wildman–Crippen LogP) is 1.72. The van der Waals surface area contributed by atoms with Crippen molar-refractivity contribution in [1.29, 1.82) is 0 Å². The first-order chi connectivity index (χ1) is 9.15. The Bertz CT molecular complexity index is 489. The zero-order valence-corrected chi connectivity index (χ0v) is 12.2. The molecule has 0 heterocycles. The Morgan fingerprint density at radius 2 is 1.68 bits per heavy atom. The largest absolute Gasteiger partial charge is 0.496 e. The van der Waals surface area contributed by atoms with E-state index in [1.54, 1.807) is 39.7 Å². The van der Waals surface area contributed by atoms with E-state index in [-0.39, 0.29) is 0 Å². The summed E-state index contributed by atoms with van der Waals surface area (Å²) in [5.41, 5.74) is 6.25. The van der Waals surface area contributed by atoms with Crippen LogP contribution in [0, 0.1) is 0 Å². The monoisotopic (exact) mass is 283 g/mol. The van der Waals surface area contributed by atoms with Gasteiger partial charge in [0.1, 0.15) is 5.75 Å². The third-order valence-corrected chi connectivity index (χ3v) is 2.80. The molecule has 0 saturated heterocycles. The molecule has 0 radical (unpaired) electrons. The highest BCUT2D eigenvalue weighted by atomic mass is 32.2. The van der Waals surface area contributed by atoms with Crippen LogP contribution in [0.2, 0.25) is 0 Å². The molecule has 104 valence electrons. The van der Waals surface area contributed by atoms with E-state index in [0.29, 0.717) is 22.4 Å². The van der Waals surface area contributed by atoms with Gasteiger partial charge in [0.05, 0.1) is 27.5 Å². The number of amidine groups is 1. The van der Waals surface area contributed by atoms with Gasteiger partial charge < -0.3 is 19.9 Å². The van der Waals surface area contributed by atoms with E-state index >= 15 is 0 Å². The van der Waals surface area contributed by atoms with Crippen LogP contribution >= 0.6 is 11.8 Å². The Balaban J connectivity index is 3.12. The Kier molecular flexibility index (Phi) is 6.01. The molecule has 0 unspecified atom stereocenters. The van der Waals surface area contributed by atoms with Crippen LogP contribution in [0.1, 0.15) is 5.56 Å². The fourth-order valence-corrected chi connectivity index (χ4v) is 1.47. The maximum atomic E-state index is 5.53. The molecule has 6 nitrogen and oxygen atoms in total. The molecule has 0 aliphatic heterocycles. The molecule has 1 rings (SSSR count). The lowest BCUT2D eigenvalue weighted by Gasteiger charge is -2.11. The minimum absolute atomic E-state index is 0.385. The lowest BCUT2D eigenvalue weighted by molar-refractivity contribution is 0.349. The molecular weight excluding hydrogens is 266 g/mol. The first kappa shape index (κ1) is 15.2. The Hall–Kier alpha value is -1.89. The molecule has 2 N–H and O–H groups in total. The van der Waals surface area contributed by atoms with Crippen molar-refractivity contribution < 1.29 is 14.2 Å². The summed E-state index contributed by atoms with van der Waals surface area (Å²) in [6.07, 6.45) is 3.37. The minimum Gasteiger partial charge on any atom is -0.496 e. The van der Waals surface area contributed by atoms with Crippen molar-refractivity contribution in [1.82, 2.24) is 0 Å².